The van der Waals surface area contributed by atoms with Gasteiger partial charge in [0.15, 0.2) is 0 Å². The fourth-order valence-electron chi connectivity index (χ4n) is 2.34. The summed E-state index contributed by atoms with van der Waals surface area (Å²) < 4.78 is 3.38. The normalized spacial score (nSPS) is 12.3. The van der Waals surface area contributed by atoms with Gasteiger partial charge in [0, 0.05) is 17.9 Å². The van der Waals surface area contributed by atoms with Crippen molar-refractivity contribution in [3.8, 4) is 11.1 Å². The molecule has 6 heteroatoms. The van der Waals surface area contributed by atoms with E-state index in [4.69, 9.17) is 5.73 Å². The number of nitro groups is 1. The Labute approximate surface area is 146 Å². The summed E-state index contributed by atoms with van der Waals surface area (Å²) in [6, 6.07) is 13.1. The second kappa shape index (κ2) is 8.17. The maximum absolute atomic E-state index is 11.0. The molecule has 1 unspecified atom stereocenters. The zero-order chi connectivity index (χ0) is 17.7. The van der Waals surface area contributed by atoms with Crippen LogP contribution in [0.15, 0.2) is 42.5 Å². The van der Waals surface area contributed by atoms with E-state index < -0.39 is 4.92 Å². The van der Waals surface area contributed by atoms with E-state index >= 15 is 0 Å². The summed E-state index contributed by atoms with van der Waals surface area (Å²) in [5, 5.41) is 11.6. The molecule has 1 atom stereocenters. The Morgan fingerprint density at radius 2 is 1.75 bits per heavy atom. The zero-order valence-corrected chi connectivity index (χ0v) is 15.0. The molecule has 0 radical (unpaired) electrons. The largest absolute Gasteiger partial charge is 0.393 e. The molecule has 128 valence electrons. The third-order valence-corrected chi connectivity index (χ3v) is 4.55. The van der Waals surface area contributed by atoms with Crippen LogP contribution in [-0.2, 0) is 0 Å². The maximum Gasteiger partial charge on any atom is 0.292 e. The number of hydrogen-bond donors (Lipinski definition) is 2. The number of nitrogens with two attached hydrogens (primary N) is 1. The van der Waals surface area contributed by atoms with Gasteiger partial charge in [0.1, 0.15) is 5.69 Å². The highest BCUT2D eigenvalue weighted by Crippen LogP contribution is 2.29. The molecule has 0 aliphatic rings. The molecule has 0 fully saturated rings. The molecule has 3 N–H and O–H groups in total. The Kier molecular flexibility index (Phi) is 6.23. The minimum atomic E-state index is -0.451. The third-order valence-electron chi connectivity index (χ3n) is 3.75. The smallest absolute Gasteiger partial charge is 0.292 e. The van der Waals surface area contributed by atoms with Gasteiger partial charge in [-0.2, -0.15) is 0 Å². The zero-order valence-electron chi connectivity index (χ0n) is 14.2. The average molecular weight is 345 g/mol. The molecule has 2 rings (SSSR count). The van der Waals surface area contributed by atoms with Crippen LogP contribution in [0.25, 0.3) is 11.1 Å². The van der Waals surface area contributed by atoms with Crippen LogP contribution in [-0.4, -0.2) is 16.7 Å². The Morgan fingerprint density at radius 3 is 2.33 bits per heavy atom. The van der Waals surface area contributed by atoms with Gasteiger partial charge in [0.2, 0.25) is 0 Å². The minimum Gasteiger partial charge on any atom is -0.393 e. The van der Waals surface area contributed by atoms with Crippen LogP contribution in [0.2, 0.25) is 0 Å². The lowest BCUT2D eigenvalue weighted by atomic mass is 9.97. The molecule has 0 aliphatic heterocycles. The molecule has 2 aromatic carbocycles. The molecule has 0 bridgehead atoms. The number of rotatable bonds is 7. The van der Waals surface area contributed by atoms with Crippen LogP contribution in [0.4, 0.5) is 11.4 Å². The molecular formula is C18H23N3O2S. The van der Waals surface area contributed by atoms with E-state index in [0.29, 0.717) is 11.2 Å². The lowest BCUT2D eigenvalue weighted by Crippen LogP contribution is -2.15. The fourth-order valence-corrected chi connectivity index (χ4v) is 3.02. The van der Waals surface area contributed by atoms with E-state index in [1.165, 1.54) is 11.6 Å². The first-order chi connectivity index (χ1) is 11.4. The topological polar surface area (TPSA) is 81.2 Å². The van der Waals surface area contributed by atoms with E-state index in [0.717, 1.165) is 17.7 Å². The Bertz CT molecular complexity index is 702. The van der Waals surface area contributed by atoms with Crippen molar-refractivity contribution in [1.82, 2.24) is 4.72 Å². The number of nitrogen functional groups attached to an aromatic ring is 1. The molecule has 0 saturated carbocycles. The van der Waals surface area contributed by atoms with Gasteiger partial charge in [0.25, 0.3) is 5.69 Å². The van der Waals surface area contributed by atoms with Crippen molar-refractivity contribution in [1.29, 1.82) is 0 Å². The molecule has 2 aromatic rings. The number of nitrogens with one attached hydrogen (secondary N) is 1. The predicted octanol–water partition coefficient (Wildman–Crippen LogP) is 4.59. The van der Waals surface area contributed by atoms with Gasteiger partial charge in [0.05, 0.1) is 4.92 Å². The minimum absolute atomic E-state index is 0.0557. The van der Waals surface area contributed by atoms with Crippen molar-refractivity contribution in [3.63, 3.8) is 0 Å². The standard InChI is InChI=1S/C18H23N3O2S/c1-12(2)24-20-11-13(3)14-4-6-15(7-5-14)16-8-9-17(19)18(10-16)21(22)23/h4-10,12-13,20H,11,19H2,1-3H3. The van der Waals surface area contributed by atoms with E-state index in [2.05, 4.69) is 37.6 Å². The number of anilines is 1. The molecule has 0 aromatic heterocycles. The van der Waals surface area contributed by atoms with Crippen molar-refractivity contribution in [2.45, 2.75) is 31.9 Å². The Balaban J connectivity index is 2.12. The van der Waals surface area contributed by atoms with Crippen molar-refractivity contribution in [2.24, 2.45) is 0 Å². The van der Waals surface area contributed by atoms with Gasteiger partial charge in [-0.15, -0.1) is 0 Å². The number of nitrogens with zero attached hydrogens (tertiary/aromatic N) is 1. The van der Waals surface area contributed by atoms with Gasteiger partial charge in [-0.05, 0) is 28.7 Å². The van der Waals surface area contributed by atoms with Gasteiger partial charge >= 0.3 is 0 Å². The lowest BCUT2D eigenvalue weighted by Gasteiger charge is -2.14. The molecule has 0 saturated heterocycles. The van der Waals surface area contributed by atoms with E-state index in [9.17, 15) is 10.1 Å². The van der Waals surface area contributed by atoms with Crippen molar-refractivity contribution in [3.05, 3.63) is 58.1 Å². The second-order valence-electron chi connectivity index (χ2n) is 6.07. The average Bonchev–Trinajstić information content (AvgIpc) is 2.54. The van der Waals surface area contributed by atoms with Gasteiger partial charge in [-0.1, -0.05) is 63.1 Å². The number of hydrogen-bond acceptors (Lipinski definition) is 5. The SMILES string of the molecule is CC(C)SNCC(C)c1ccc(-c2ccc(N)c([N+](=O)[O-])c2)cc1. The monoisotopic (exact) mass is 345 g/mol. The van der Waals surface area contributed by atoms with Crippen LogP contribution >= 0.6 is 11.9 Å². The first-order valence-corrected chi connectivity index (χ1v) is 8.79. The summed E-state index contributed by atoms with van der Waals surface area (Å²) >= 11 is 1.73. The summed E-state index contributed by atoms with van der Waals surface area (Å²) in [4.78, 5) is 10.6. The maximum atomic E-state index is 11.0. The highest BCUT2D eigenvalue weighted by molar-refractivity contribution is 7.97. The number of nitro benzene ring substituents is 1. The quantitative estimate of drug-likeness (QED) is 0.332. The summed E-state index contributed by atoms with van der Waals surface area (Å²) in [6.07, 6.45) is 0. The highest BCUT2D eigenvalue weighted by atomic mass is 32.2. The van der Waals surface area contributed by atoms with Crippen LogP contribution in [0.5, 0.6) is 0 Å². The van der Waals surface area contributed by atoms with Crippen LogP contribution in [0.1, 0.15) is 32.3 Å². The van der Waals surface area contributed by atoms with Crippen molar-refractivity contribution >= 4 is 23.3 Å². The van der Waals surface area contributed by atoms with E-state index in [1.54, 1.807) is 18.0 Å². The van der Waals surface area contributed by atoms with Crippen LogP contribution < -0.4 is 10.5 Å². The fraction of sp³-hybridized carbons (Fsp3) is 0.333. The molecule has 0 aliphatic carbocycles. The second-order valence-corrected chi connectivity index (χ2v) is 7.54. The van der Waals surface area contributed by atoms with Crippen LogP contribution in [0.3, 0.4) is 0 Å². The van der Waals surface area contributed by atoms with Crippen LogP contribution in [0, 0.1) is 10.1 Å². The molecule has 0 spiro atoms. The summed E-state index contributed by atoms with van der Waals surface area (Å²) in [6.45, 7) is 7.39. The summed E-state index contributed by atoms with van der Waals surface area (Å²) in [5.74, 6) is 0.394. The third kappa shape index (κ3) is 4.72. The summed E-state index contributed by atoms with van der Waals surface area (Å²) in [5.41, 5.74) is 8.75. The molecule has 0 heterocycles. The molecular weight excluding hydrogens is 322 g/mol. The van der Waals surface area contributed by atoms with Gasteiger partial charge in [-0.3, -0.25) is 14.8 Å². The lowest BCUT2D eigenvalue weighted by molar-refractivity contribution is -0.383. The van der Waals surface area contributed by atoms with E-state index in [1.807, 2.05) is 18.2 Å². The predicted molar refractivity (Wildman–Crippen MR) is 102 cm³/mol. The van der Waals surface area contributed by atoms with Crippen molar-refractivity contribution in [2.75, 3.05) is 12.3 Å². The van der Waals surface area contributed by atoms with Crippen molar-refractivity contribution < 1.29 is 4.92 Å². The Hall–Kier alpha value is -2.05. The highest BCUT2D eigenvalue weighted by Gasteiger charge is 2.13. The van der Waals surface area contributed by atoms with E-state index in [-0.39, 0.29) is 11.4 Å². The van der Waals surface area contributed by atoms with Gasteiger partial charge in [-0.25, -0.2) is 0 Å². The molecule has 0 amide bonds. The first kappa shape index (κ1) is 18.3. The molecule has 24 heavy (non-hydrogen) atoms. The Morgan fingerprint density at radius 1 is 1.12 bits per heavy atom. The van der Waals surface area contributed by atoms with Gasteiger partial charge < -0.3 is 5.73 Å². The molecule has 5 nitrogen and oxygen atoms in total. The first-order valence-electron chi connectivity index (χ1n) is 7.91. The number of benzene rings is 2. The summed E-state index contributed by atoms with van der Waals surface area (Å²) in [7, 11) is 0.